The molecule has 0 radical (unpaired) electrons. The third kappa shape index (κ3) is 3.50. The largest absolute Gasteiger partial charge is 0.379 e. The van der Waals surface area contributed by atoms with Crippen LogP contribution in [0.5, 0.6) is 0 Å². The maximum Gasteiger partial charge on any atom is 0.252 e. The van der Waals surface area contributed by atoms with Gasteiger partial charge >= 0.3 is 0 Å². The molecule has 2 N–H and O–H groups in total. The molecule has 29 heavy (non-hydrogen) atoms. The predicted octanol–water partition coefficient (Wildman–Crippen LogP) is 1.01. The van der Waals surface area contributed by atoms with E-state index in [1.54, 1.807) is 10.6 Å². The number of benzene rings is 1. The highest BCUT2D eigenvalue weighted by molar-refractivity contribution is 5.99. The van der Waals surface area contributed by atoms with E-state index in [0.29, 0.717) is 17.3 Å². The molecule has 2 aliphatic heterocycles. The first kappa shape index (κ1) is 18.2. The molecule has 5 rings (SSSR count). The molecule has 150 valence electrons. The molecule has 0 atom stereocenters. The lowest BCUT2D eigenvalue weighted by Crippen LogP contribution is -2.60. The second-order valence-electron chi connectivity index (χ2n) is 7.69. The molecule has 0 spiro atoms. The Morgan fingerprint density at radius 3 is 2.59 bits per heavy atom. The van der Waals surface area contributed by atoms with Crippen LogP contribution in [0.1, 0.15) is 15.9 Å². The van der Waals surface area contributed by atoms with Crippen LogP contribution in [0.2, 0.25) is 0 Å². The normalized spacial score (nSPS) is 18.8. The number of nitrogens with two attached hydrogens (primary N) is 1. The van der Waals surface area contributed by atoms with E-state index >= 15 is 0 Å². The topological polar surface area (TPSA) is 89.0 Å². The van der Waals surface area contributed by atoms with Crippen molar-refractivity contribution in [2.75, 3.05) is 39.4 Å². The zero-order valence-corrected chi connectivity index (χ0v) is 16.2. The van der Waals surface area contributed by atoms with Gasteiger partial charge in [0.2, 0.25) is 0 Å². The number of ether oxygens (including phenoxy) is 1. The van der Waals surface area contributed by atoms with Gasteiger partial charge in [-0.25, -0.2) is 9.50 Å². The fraction of sp³-hybridized carbons (Fsp3) is 0.381. The number of hydrogen-bond donors (Lipinski definition) is 1. The third-order valence-electron chi connectivity index (χ3n) is 5.85. The van der Waals surface area contributed by atoms with E-state index in [0.717, 1.165) is 57.2 Å². The molecule has 1 aromatic carbocycles. The summed E-state index contributed by atoms with van der Waals surface area (Å²) in [5.41, 5.74) is 9.48. The van der Waals surface area contributed by atoms with E-state index in [9.17, 15) is 4.79 Å². The van der Waals surface area contributed by atoms with Gasteiger partial charge in [0.1, 0.15) is 6.33 Å². The number of hydrogen-bond acceptors (Lipinski definition) is 6. The number of carbonyl (C=O) groups is 1. The Hall–Kier alpha value is -2.81. The molecule has 0 saturated carbocycles. The number of aromatic nitrogens is 3. The van der Waals surface area contributed by atoms with Crippen molar-refractivity contribution in [1.29, 1.82) is 0 Å². The average Bonchev–Trinajstić information content (AvgIpc) is 3.20. The summed E-state index contributed by atoms with van der Waals surface area (Å²) < 4.78 is 7.10. The fourth-order valence-electron chi connectivity index (χ4n) is 4.20. The van der Waals surface area contributed by atoms with Gasteiger partial charge in [-0.1, -0.05) is 24.3 Å². The Morgan fingerprint density at radius 1 is 1.10 bits per heavy atom. The van der Waals surface area contributed by atoms with Gasteiger partial charge in [0.15, 0.2) is 5.65 Å². The number of fused-ring (bicyclic) bond motifs is 1. The number of primary amides is 1. The van der Waals surface area contributed by atoms with Gasteiger partial charge in [-0.3, -0.25) is 14.6 Å². The van der Waals surface area contributed by atoms with Crippen LogP contribution in [-0.2, 0) is 11.3 Å². The number of amides is 1. The van der Waals surface area contributed by atoms with Crippen LogP contribution in [0.25, 0.3) is 16.9 Å². The summed E-state index contributed by atoms with van der Waals surface area (Å²) in [6.45, 7) is 7.03. The first-order chi connectivity index (χ1) is 14.2. The monoisotopic (exact) mass is 392 g/mol. The van der Waals surface area contributed by atoms with Crippen LogP contribution < -0.4 is 5.73 Å². The maximum absolute atomic E-state index is 11.6. The smallest absolute Gasteiger partial charge is 0.252 e. The molecule has 4 heterocycles. The molecule has 3 aromatic rings. The van der Waals surface area contributed by atoms with Gasteiger partial charge < -0.3 is 10.5 Å². The number of nitrogens with zero attached hydrogens (tertiary/aromatic N) is 5. The van der Waals surface area contributed by atoms with Crippen molar-refractivity contribution < 1.29 is 9.53 Å². The van der Waals surface area contributed by atoms with E-state index in [2.05, 4.69) is 44.1 Å². The van der Waals surface area contributed by atoms with Crippen molar-refractivity contribution in [2.24, 2.45) is 5.73 Å². The number of likely N-dealkylation sites (tertiary alicyclic amines) is 1. The molecule has 0 unspecified atom stereocenters. The SMILES string of the molecule is NC(=O)c1ccc(-c2ccc(CN3CC(N4CCOCC4)C3)cc2)n2ncnc12. The first-order valence-corrected chi connectivity index (χ1v) is 9.95. The van der Waals surface area contributed by atoms with E-state index in [1.165, 1.54) is 11.9 Å². The molecular formula is C21H24N6O2. The molecule has 2 saturated heterocycles. The van der Waals surface area contributed by atoms with Crippen LogP contribution in [0.4, 0.5) is 0 Å². The van der Waals surface area contributed by atoms with Gasteiger partial charge in [0.25, 0.3) is 5.91 Å². The summed E-state index contributed by atoms with van der Waals surface area (Å²) in [6.07, 6.45) is 1.44. The molecule has 2 fully saturated rings. The van der Waals surface area contributed by atoms with Crippen molar-refractivity contribution >= 4 is 11.6 Å². The van der Waals surface area contributed by atoms with Crippen LogP contribution >= 0.6 is 0 Å². The zero-order chi connectivity index (χ0) is 19.8. The second kappa shape index (κ2) is 7.55. The van der Waals surface area contributed by atoms with Gasteiger partial charge in [0, 0.05) is 44.3 Å². The quantitative estimate of drug-likeness (QED) is 0.697. The molecule has 0 aliphatic carbocycles. The highest BCUT2D eigenvalue weighted by Gasteiger charge is 2.32. The Labute approximate surface area is 168 Å². The maximum atomic E-state index is 11.6. The number of carbonyl (C=O) groups excluding carboxylic acids is 1. The molecule has 8 nitrogen and oxygen atoms in total. The summed E-state index contributed by atoms with van der Waals surface area (Å²) in [5, 5.41) is 4.26. The van der Waals surface area contributed by atoms with E-state index in [-0.39, 0.29) is 0 Å². The molecule has 0 bridgehead atoms. The third-order valence-corrected chi connectivity index (χ3v) is 5.85. The van der Waals surface area contributed by atoms with Crippen LogP contribution in [0.3, 0.4) is 0 Å². The van der Waals surface area contributed by atoms with Crippen LogP contribution in [-0.4, -0.2) is 75.7 Å². The Bertz CT molecular complexity index is 1020. The van der Waals surface area contributed by atoms with Crippen molar-refractivity contribution in [3.05, 3.63) is 53.9 Å². The first-order valence-electron chi connectivity index (χ1n) is 9.95. The molecular weight excluding hydrogens is 368 g/mol. The van der Waals surface area contributed by atoms with Gasteiger partial charge in [-0.2, -0.15) is 5.10 Å². The molecule has 2 aliphatic rings. The Balaban J connectivity index is 1.27. The highest BCUT2D eigenvalue weighted by atomic mass is 16.5. The summed E-state index contributed by atoms with van der Waals surface area (Å²) in [6, 6.07) is 12.7. The molecule has 2 aromatic heterocycles. The summed E-state index contributed by atoms with van der Waals surface area (Å²) in [7, 11) is 0. The number of morpholine rings is 1. The minimum atomic E-state index is -0.505. The highest BCUT2D eigenvalue weighted by Crippen LogP contribution is 2.24. The minimum Gasteiger partial charge on any atom is -0.379 e. The van der Waals surface area contributed by atoms with Gasteiger partial charge in [0.05, 0.1) is 24.5 Å². The van der Waals surface area contributed by atoms with Crippen molar-refractivity contribution in [1.82, 2.24) is 24.4 Å². The summed E-state index contributed by atoms with van der Waals surface area (Å²) in [5.74, 6) is -0.505. The average molecular weight is 392 g/mol. The zero-order valence-electron chi connectivity index (χ0n) is 16.2. The molecule has 1 amide bonds. The van der Waals surface area contributed by atoms with E-state index in [1.807, 2.05) is 6.07 Å². The van der Waals surface area contributed by atoms with Crippen molar-refractivity contribution in [3.63, 3.8) is 0 Å². The predicted molar refractivity (Wildman–Crippen MR) is 108 cm³/mol. The lowest BCUT2D eigenvalue weighted by atomic mass is 10.0. The van der Waals surface area contributed by atoms with Crippen LogP contribution in [0, 0.1) is 0 Å². The van der Waals surface area contributed by atoms with Crippen LogP contribution in [0.15, 0.2) is 42.7 Å². The molecule has 8 heteroatoms. The second-order valence-corrected chi connectivity index (χ2v) is 7.69. The Morgan fingerprint density at radius 2 is 1.86 bits per heavy atom. The van der Waals surface area contributed by atoms with E-state index in [4.69, 9.17) is 10.5 Å². The summed E-state index contributed by atoms with van der Waals surface area (Å²) >= 11 is 0. The van der Waals surface area contributed by atoms with Gasteiger partial charge in [-0.05, 0) is 17.7 Å². The number of pyridine rings is 1. The van der Waals surface area contributed by atoms with Crippen molar-refractivity contribution in [3.8, 4) is 11.3 Å². The lowest BCUT2D eigenvalue weighted by molar-refractivity contribution is -0.0344. The number of rotatable bonds is 5. The standard InChI is InChI=1S/C21H24N6O2/c22-20(28)18-5-6-19(27-21(18)23-14-24-27)16-3-1-15(2-4-16)11-25-12-17(13-25)26-7-9-29-10-8-26/h1-6,14,17H,7-13H2,(H2,22,28). The van der Waals surface area contributed by atoms with Gasteiger partial charge in [-0.15, -0.1) is 0 Å². The Kier molecular flexibility index (Phi) is 4.75. The minimum absolute atomic E-state index is 0.371. The van der Waals surface area contributed by atoms with Crippen molar-refractivity contribution in [2.45, 2.75) is 12.6 Å². The fourth-order valence-corrected chi connectivity index (χ4v) is 4.20. The van der Waals surface area contributed by atoms with E-state index < -0.39 is 5.91 Å². The summed E-state index contributed by atoms with van der Waals surface area (Å²) in [4.78, 5) is 20.8. The lowest BCUT2D eigenvalue weighted by Gasteiger charge is -2.46.